The number of nitrogens with one attached hydrogen (secondary N) is 1. The molecule has 27 heavy (non-hydrogen) atoms. The minimum absolute atomic E-state index is 0.0896. The molecule has 1 aliphatic rings. The summed E-state index contributed by atoms with van der Waals surface area (Å²) in [6.45, 7) is 0.486. The average molecular weight is 402 g/mol. The van der Waals surface area contributed by atoms with Gasteiger partial charge >= 0.3 is 0 Å². The summed E-state index contributed by atoms with van der Waals surface area (Å²) in [6.07, 6.45) is -0.216. The first-order chi connectivity index (χ1) is 13.0. The Hall–Kier alpha value is -2.19. The predicted molar refractivity (Wildman–Crippen MR) is 106 cm³/mol. The Morgan fingerprint density at radius 2 is 1.93 bits per heavy atom. The molecule has 0 amide bonds. The number of fused-ring (bicyclic) bond motifs is 1. The molecule has 0 saturated carbocycles. The van der Waals surface area contributed by atoms with E-state index in [2.05, 4.69) is 10.1 Å². The summed E-state index contributed by atoms with van der Waals surface area (Å²) in [5.74, 6) is 0.736. The number of ether oxygens (including phenoxy) is 1. The minimum Gasteiger partial charge on any atom is -0.493 e. The number of hydrogen-bond acceptors (Lipinski definition) is 5. The van der Waals surface area contributed by atoms with Crippen molar-refractivity contribution in [3.63, 3.8) is 0 Å². The molecule has 1 aromatic heterocycles. The van der Waals surface area contributed by atoms with Crippen LogP contribution in [0.3, 0.4) is 0 Å². The standard InChI is InChI=1S/C20H19NO4S2/c22-19(15-3-1-14(2-4-15)17-8-10-26-13-17)12-21-27(23,24)18-5-6-20-16(11-18)7-9-25-20/h1-6,8,10-11,13,19,21-22H,7,9,12H2. The maximum atomic E-state index is 12.5. The van der Waals surface area contributed by atoms with Gasteiger partial charge in [0.2, 0.25) is 10.0 Å². The zero-order valence-electron chi connectivity index (χ0n) is 14.5. The van der Waals surface area contributed by atoms with Crippen LogP contribution in [0.2, 0.25) is 0 Å². The van der Waals surface area contributed by atoms with Crippen LogP contribution in [-0.4, -0.2) is 26.7 Å². The lowest BCUT2D eigenvalue weighted by atomic mass is 10.0. The highest BCUT2D eigenvalue weighted by Crippen LogP contribution is 2.28. The van der Waals surface area contributed by atoms with Gasteiger partial charge in [-0.15, -0.1) is 0 Å². The van der Waals surface area contributed by atoms with Crippen LogP contribution < -0.4 is 9.46 Å². The second kappa shape index (κ2) is 7.44. The Labute approximate surface area is 162 Å². The Bertz CT molecular complexity index is 1030. The van der Waals surface area contributed by atoms with Crippen molar-refractivity contribution in [2.24, 2.45) is 0 Å². The number of benzene rings is 2. The lowest BCUT2D eigenvalue weighted by Gasteiger charge is -2.13. The fourth-order valence-corrected chi connectivity index (χ4v) is 4.80. The number of sulfonamides is 1. The molecule has 4 rings (SSSR count). The van der Waals surface area contributed by atoms with E-state index in [-0.39, 0.29) is 11.4 Å². The summed E-state index contributed by atoms with van der Waals surface area (Å²) in [5, 5.41) is 14.4. The molecule has 140 valence electrons. The molecular formula is C20H19NO4S2. The summed E-state index contributed by atoms with van der Waals surface area (Å²) in [5.41, 5.74) is 3.75. The molecular weight excluding hydrogens is 382 g/mol. The maximum absolute atomic E-state index is 12.5. The van der Waals surface area contributed by atoms with Gasteiger partial charge in [0.15, 0.2) is 0 Å². The quantitative estimate of drug-likeness (QED) is 0.664. The molecule has 7 heteroatoms. The zero-order valence-corrected chi connectivity index (χ0v) is 16.1. The Kier molecular flexibility index (Phi) is 5.01. The van der Waals surface area contributed by atoms with E-state index in [1.54, 1.807) is 23.5 Å². The second-order valence-electron chi connectivity index (χ2n) is 6.37. The van der Waals surface area contributed by atoms with Gasteiger partial charge in [-0.2, -0.15) is 11.3 Å². The van der Waals surface area contributed by atoms with Gasteiger partial charge in [-0.1, -0.05) is 24.3 Å². The highest BCUT2D eigenvalue weighted by atomic mass is 32.2. The molecule has 2 aromatic carbocycles. The number of thiophene rings is 1. The van der Waals surface area contributed by atoms with E-state index in [4.69, 9.17) is 4.74 Å². The van der Waals surface area contributed by atoms with Gasteiger partial charge in [-0.05, 0) is 57.3 Å². The summed E-state index contributed by atoms with van der Waals surface area (Å²) < 4.78 is 32.9. The van der Waals surface area contributed by atoms with E-state index in [9.17, 15) is 13.5 Å². The molecule has 2 N–H and O–H groups in total. The van der Waals surface area contributed by atoms with Crippen LogP contribution >= 0.6 is 11.3 Å². The molecule has 3 aromatic rings. The van der Waals surface area contributed by atoms with E-state index < -0.39 is 16.1 Å². The van der Waals surface area contributed by atoms with Crippen molar-refractivity contribution in [3.8, 4) is 16.9 Å². The highest BCUT2D eigenvalue weighted by molar-refractivity contribution is 7.89. The van der Waals surface area contributed by atoms with E-state index in [0.29, 0.717) is 18.6 Å². The molecule has 5 nitrogen and oxygen atoms in total. The first-order valence-electron chi connectivity index (χ1n) is 8.59. The van der Waals surface area contributed by atoms with E-state index in [1.807, 2.05) is 35.7 Å². The van der Waals surface area contributed by atoms with Crippen LogP contribution in [0.15, 0.2) is 64.2 Å². The van der Waals surface area contributed by atoms with Crippen molar-refractivity contribution >= 4 is 21.4 Å². The lowest BCUT2D eigenvalue weighted by Crippen LogP contribution is -2.28. The first kappa shape index (κ1) is 18.2. The van der Waals surface area contributed by atoms with Gasteiger partial charge in [0.25, 0.3) is 0 Å². The summed E-state index contributed by atoms with van der Waals surface area (Å²) >= 11 is 1.63. The molecule has 0 saturated heterocycles. The molecule has 0 bridgehead atoms. The minimum atomic E-state index is -3.69. The fraction of sp³-hybridized carbons (Fsp3) is 0.200. The van der Waals surface area contributed by atoms with Crippen LogP contribution in [0.25, 0.3) is 11.1 Å². The highest BCUT2D eigenvalue weighted by Gasteiger charge is 2.20. The Balaban J connectivity index is 1.43. The van der Waals surface area contributed by atoms with Crippen molar-refractivity contribution in [1.29, 1.82) is 0 Å². The van der Waals surface area contributed by atoms with Crippen molar-refractivity contribution in [1.82, 2.24) is 4.72 Å². The first-order valence-corrected chi connectivity index (χ1v) is 11.0. The topological polar surface area (TPSA) is 75.6 Å². The Morgan fingerprint density at radius 3 is 2.67 bits per heavy atom. The third-order valence-electron chi connectivity index (χ3n) is 4.59. The van der Waals surface area contributed by atoms with E-state index >= 15 is 0 Å². The number of hydrogen-bond donors (Lipinski definition) is 2. The van der Waals surface area contributed by atoms with Crippen LogP contribution in [0.5, 0.6) is 5.75 Å². The van der Waals surface area contributed by atoms with Gasteiger partial charge in [0, 0.05) is 13.0 Å². The van der Waals surface area contributed by atoms with Crippen molar-refractivity contribution in [2.75, 3.05) is 13.2 Å². The number of aliphatic hydroxyl groups is 1. The summed E-state index contributed by atoms with van der Waals surface area (Å²) in [4.78, 5) is 0.187. The molecule has 1 aliphatic heterocycles. The van der Waals surface area contributed by atoms with E-state index in [1.165, 1.54) is 6.07 Å². The summed E-state index contributed by atoms with van der Waals surface area (Å²) in [7, 11) is -3.69. The smallest absolute Gasteiger partial charge is 0.240 e. The number of rotatable bonds is 6. The Morgan fingerprint density at radius 1 is 1.11 bits per heavy atom. The normalized spacial score (nSPS) is 14.6. The van der Waals surface area contributed by atoms with Gasteiger partial charge in [-0.3, -0.25) is 0 Å². The molecule has 1 atom stereocenters. The fourth-order valence-electron chi connectivity index (χ4n) is 3.05. The van der Waals surface area contributed by atoms with Gasteiger partial charge < -0.3 is 9.84 Å². The molecule has 2 heterocycles. The SMILES string of the molecule is O=S(=O)(NCC(O)c1ccc(-c2ccsc2)cc1)c1ccc2c(c1)CCO2. The molecule has 0 fully saturated rings. The molecule has 0 radical (unpaired) electrons. The third-order valence-corrected chi connectivity index (χ3v) is 6.69. The van der Waals surface area contributed by atoms with Gasteiger partial charge in [-0.25, -0.2) is 13.1 Å². The predicted octanol–water partition coefficient (Wildman–Crippen LogP) is 3.36. The third kappa shape index (κ3) is 3.91. The second-order valence-corrected chi connectivity index (χ2v) is 8.92. The monoisotopic (exact) mass is 401 g/mol. The van der Waals surface area contributed by atoms with Crippen molar-refractivity contribution < 1.29 is 18.3 Å². The van der Waals surface area contributed by atoms with Crippen LogP contribution in [0.1, 0.15) is 17.2 Å². The van der Waals surface area contributed by atoms with Crippen LogP contribution in [0.4, 0.5) is 0 Å². The lowest BCUT2D eigenvalue weighted by molar-refractivity contribution is 0.182. The molecule has 0 aliphatic carbocycles. The largest absolute Gasteiger partial charge is 0.493 e. The summed E-state index contributed by atoms with van der Waals surface area (Å²) in [6, 6.07) is 14.4. The van der Waals surface area contributed by atoms with Crippen molar-refractivity contribution in [3.05, 3.63) is 70.4 Å². The van der Waals surface area contributed by atoms with E-state index in [0.717, 1.165) is 22.4 Å². The van der Waals surface area contributed by atoms with Crippen LogP contribution in [0, 0.1) is 0 Å². The van der Waals surface area contributed by atoms with Gasteiger partial charge in [0.1, 0.15) is 5.75 Å². The molecule has 0 spiro atoms. The van der Waals surface area contributed by atoms with Crippen molar-refractivity contribution in [2.45, 2.75) is 17.4 Å². The average Bonchev–Trinajstić information content (AvgIpc) is 3.37. The molecule has 1 unspecified atom stereocenters. The van der Waals surface area contributed by atoms with Gasteiger partial charge in [0.05, 0.1) is 17.6 Å². The maximum Gasteiger partial charge on any atom is 0.240 e. The zero-order chi connectivity index (χ0) is 18.9. The van der Waals surface area contributed by atoms with Crippen LogP contribution in [-0.2, 0) is 16.4 Å². The number of aliphatic hydroxyl groups excluding tert-OH is 1.